The molecule has 1 aromatic heterocycles. The van der Waals surface area contributed by atoms with E-state index >= 15 is 0 Å². The number of rotatable bonds is 5. The molecule has 1 aliphatic heterocycles. The standard InChI is InChI=1S/C24H25F2N5O3/c1-24(10-15-4-3-5-18(8-15)33-22(25)26)13-30-23(27)31(2)21(32)19-9-16(6-7-20(19)34-24)17-11-28-14-29-12-17/h3-9,11-12,14,21-22,32H,10,13H2,1-2H3,(H2,27,30). The summed E-state index contributed by atoms with van der Waals surface area (Å²) in [6.07, 6.45) is 4.01. The Labute approximate surface area is 195 Å². The molecule has 178 valence electrons. The van der Waals surface area contributed by atoms with Gasteiger partial charge >= 0.3 is 6.61 Å². The maximum atomic E-state index is 12.7. The molecule has 3 N–H and O–H groups in total. The first-order valence-electron chi connectivity index (χ1n) is 10.6. The molecule has 0 saturated heterocycles. The molecule has 34 heavy (non-hydrogen) atoms. The van der Waals surface area contributed by atoms with Gasteiger partial charge in [-0.1, -0.05) is 18.2 Å². The van der Waals surface area contributed by atoms with Gasteiger partial charge in [0.1, 0.15) is 23.4 Å². The Hall–Kier alpha value is -3.79. The Morgan fingerprint density at radius 2 is 1.97 bits per heavy atom. The average Bonchev–Trinajstić information content (AvgIpc) is 2.84. The van der Waals surface area contributed by atoms with Crippen molar-refractivity contribution in [2.75, 3.05) is 13.6 Å². The fraction of sp³-hybridized carbons (Fsp3) is 0.292. The molecule has 0 bridgehead atoms. The molecule has 0 amide bonds. The summed E-state index contributed by atoms with van der Waals surface area (Å²) in [5, 5.41) is 11.0. The fourth-order valence-electron chi connectivity index (χ4n) is 3.82. The second kappa shape index (κ2) is 9.60. The SMILES string of the molecule is CN1C(N)=NCC(C)(Cc2cccc(OC(F)F)c2)Oc2ccc(-c3cncnc3)cc2C1O. The zero-order valence-corrected chi connectivity index (χ0v) is 18.7. The minimum absolute atomic E-state index is 0.0625. The maximum Gasteiger partial charge on any atom is 0.387 e. The summed E-state index contributed by atoms with van der Waals surface area (Å²) in [5.74, 6) is 0.651. The molecular weight excluding hydrogens is 444 g/mol. The van der Waals surface area contributed by atoms with E-state index < -0.39 is 18.4 Å². The Morgan fingerprint density at radius 3 is 2.71 bits per heavy atom. The van der Waals surface area contributed by atoms with Gasteiger partial charge in [-0.15, -0.1) is 0 Å². The van der Waals surface area contributed by atoms with Gasteiger partial charge in [-0.3, -0.25) is 0 Å². The van der Waals surface area contributed by atoms with Crippen molar-refractivity contribution in [1.29, 1.82) is 0 Å². The summed E-state index contributed by atoms with van der Waals surface area (Å²) in [6.45, 7) is -0.890. The van der Waals surface area contributed by atoms with E-state index in [0.29, 0.717) is 17.7 Å². The molecule has 0 aliphatic carbocycles. The van der Waals surface area contributed by atoms with Crippen LogP contribution in [-0.2, 0) is 6.42 Å². The van der Waals surface area contributed by atoms with Crippen molar-refractivity contribution in [1.82, 2.24) is 14.9 Å². The lowest BCUT2D eigenvalue weighted by Crippen LogP contribution is -2.40. The lowest BCUT2D eigenvalue weighted by atomic mass is 9.95. The largest absolute Gasteiger partial charge is 0.485 e. The molecule has 2 heterocycles. The lowest BCUT2D eigenvalue weighted by molar-refractivity contribution is -0.0499. The third-order valence-corrected chi connectivity index (χ3v) is 5.54. The topological polar surface area (TPSA) is 106 Å². The van der Waals surface area contributed by atoms with Crippen LogP contribution >= 0.6 is 0 Å². The van der Waals surface area contributed by atoms with E-state index in [2.05, 4.69) is 19.7 Å². The zero-order chi connectivity index (χ0) is 24.3. The number of hydrogen-bond acceptors (Lipinski definition) is 8. The van der Waals surface area contributed by atoms with Gasteiger partial charge in [0.25, 0.3) is 0 Å². The Balaban J connectivity index is 1.72. The molecule has 4 rings (SSSR count). The predicted octanol–water partition coefficient (Wildman–Crippen LogP) is 3.38. The molecule has 2 unspecified atom stereocenters. The summed E-state index contributed by atoms with van der Waals surface area (Å²) in [6, 6.07) is 11.9. The van der Waals surface area contributed by atoms with Gasteiger partial charge in [-0.25, -0.2) is 15.0 Å². The average molecular weight is 469 g/mol. The maximum absolute atomic E-state index is 12.7. The zero-order valence-electron chi connectivity index (χ0n) is 18.7. The number of nitrogens with two attached hydrogens (primary N) is 1. The highest BCUT2D eigenvalue weighted by Gasteiger charge is 2.32. The monoisotopic (exact) mass is 469 g/mol. The normalized spacial score (nSPS) is 20.5. The third-order valence-electron chi connectivity index (χ3n) is 5.54. The fourth-order valence-corrected chi connectivity index (χ4v) is 3.82. The molecule has 0 saturated carbocycles. The molecule has 3 aromatic rings. The van der Waals surface area contributed by atoms with Crippen molar-refractivity contribution in [3.8, 4) is 22.6 Å². The van der Waals surface area contributed by atoms with E-state index in [-0.39, 0.29) is 18.3 Å². The van der Waals surface area contributed by atoms with Gasteiger partial charge in [0.05, 0.1) is 6.54 Å². The van der Waals surface area contributed by atoms with Gasteiger partial charge in [0.2, 0.25) is 0 Å². The lowest BCUT2D eigenvalue weighted by Gasteiger charge is -2.31. The third kappa shape index (κ3) is 5.23. The number of fused-ring (bicyclic) bond motifs is 1. The Morgan fingerprint density at radius 1 is 1.21 bits per heavy atom. The van der Waals surface area contributed by atoms with Crippen LogP contribution in [0.1, 0.15) is 24.3 Å². The van der Waals surface area contributed by atoms with Crippen molar-refractivity contribution < 1.29 is 23.4 Å². The number of aliphatic imine (C=N–C) groups is 1. The van der Waals surface area contributed by atoms with E-state index in [4.69, 9.17) is 10.5 Å². The van der Waals surface area contributed by atoms with Gasteiger partial charge in [-0.05, 0) is 42.3 Å². The van der Waals surface area contributed by atoms with Crippen molar-refractivity contribution >= 4 is 5.96 Å². The molecular formula is C24H25F2N5O3. The molecule has 0 radical (unpaired) electrons. The van der Waals surface area contributed by atoms with E-state index in [1.54, 1.807) is 49.8 Å². The van der Waals surface area contributed by atoms with Crippen LogP contribution in [0.4, 0.5) is 8.78 Å². The first kappa shape index (κ1) is 23.4. The summed E-state index contributed by atoms with van der Waals surface area (Å²) >= 11 is 0. The highest BCUT2D eigenvalue weighted by atomic mass is 19.3. The smallest absolute Gasteiger partial charge is 0.387 e. The number of aliphatic hydroxyl groups is 1. The van der Waals surface area contributed by atoms with E-state index in [0.717, 1.165) is 16.7 Å². The van der Waals surface area contributed by atoms with Gasteiger partial charge < -0.3 is 25.2 Å². The number of halogens is 2. The Bertz CT molecular complexity index is 1180. The van der Waals surface area contributed by atoms with Crippen LogP contribution in [0, 0.1) is 0 Å². The molecule has 8 nitrogen and oxygen atoms in total. The molecule has 2 atom stereocenters. The van der Waals surface area contributed by atoms with Crippen molar-refractivity contribution in [2.24, 2.45) is 10.7 Å². The van der Waals surface area contributed by atoms with Crippen LogP contribution in [0.3, 0.4) is 0 Å². The van der Waals surface area contributed by atoms with Gasteiger partial charge in [0.15, 0.2) is 12.2 Å². The predicted molar refractivity (Wildman–Crippen MR) is 122 cm³/mol. The number of alkyl halides is 2. The number of ether oxygens (including phenoxy) is 2. The molecule has 0 spiro atoms. The van der Waals surface area contributed by atoms with E-state index in [1.807, 2.05) is 13.0 Å². The molecule has 10 heteroatoms. The summed E-state index contributed by atoms with van der Waals surface area (Å²) in [7, 11) is 1.64. The number of aromatic nitrogens is 2. The summed E-state index contributed by atoms with van der Waals surface area (Å²) in [4.78, 5) is 14.0. The van der Waals surface area contributed by atoms with Crippen LogP contribution in [0.5, 0.6) is 11.5 Å². The van der Waals surface area contributed by atoms with Crippen molar-refractivity contribution in [2.45, 2.75) is 31.8 Å². The van der Waals surface area contributed by atoms with E-state index in [9.17, 15) is 13.9 Å². The first-order valence-corrected chi connectivity index (χ1v) is 10.6. The number of hydrogen-bond donors (Lipinski definition) is 2. The Kier molecular flexibility index (Phi) is 6.60. The number of aliphatic hydroxyl groups excluding tert-OH is 1. The van der Waals surface area contributed by atoms with E-state index in [1.165, 1.54) is 17.3 Å². The number of benzene rings is 2. The minimum Gasteiger partial charge on any atom is -0.485 e. The van der Waals surface area contributed by atoms with Crippen LogP contribution < -0.4 is 15.2 Å². The van der Waals surface area contributed by atoms with Crippen LogP contribution in [-0.4, -0.2) is 51.7 Å². The summed E-state index contributed by atoms with van der Waals surface area (Å²) < 4.78 is 36.2. The van der Waals surface area contributed by atoms with Crippen molar-refractivity contribution in [3.63, 3.8) is 0 Å². The second-order valence-electron chi connectivity index (χ2n) is 8.29. The van der Waals surface area contributed by atoms with Crippen molar-refractivity contribution in [3.05, 3.63) is 72.3 Å². The minimum atomic E-state index is -2.91. The number of nitrogens with zero attached hydrogens (tertiary/aromatic N) is 4. The molecule has 2 aromatic carbocycles. The van der Waals surface area contributed by atoms with Crippen LogP contribution in [0.2, 0.25) is 0 Å². The van der Waals surface area contributed by atoms with Gasteiger partial charge in [-0.2, -0.15) is 8.78 Å². The highest BCUT2D eigenvalue weighted by molar-refractivity contribution is 5.78. The molecule has 0 fully saturated rings. The molecule has 1 aliphatic rings. The first-order chi connectivity index (χ1) is 16.2. The van der Waals surface area contributed by atoms with Gasteiger partial charge in [0, 0.05) is 37.0 Å². The summed E-state index contributed by atoms with van der Waals surface area (Å²) in [5.41, 5.74) is 8.03. The quantitative estimate of drug-likeness (QED) is 0.590. The second-order valence-corrected chi connectivity index (χ2v) is 8.29. The van der Waals surface area contributed by atoms with Crippen LogP contribution in [0.15, 0.2) is 66.2 Å². The van der Waals surface area contributed by atoms with Crippen LogP contribution in [0.25, 0.3) is 11.1 Å². The number of guanidine groups is 1. The highest BCUT2D eigenvalue weighted by Crippen LogP contribution is 2.36.